The van der Waals surface area contributed by atoms with Gasteiger partial charge in [0.15, 0.2) is 9.84 Å². The minimum absolute atomic E-state index is 0.0487. The highest BCUT2D eigenvalue weighted by Gasteiger charge is 2.18. The van der Waals surface area contributed by atoms with E-state index in [9.17, 15) is 17.6 Å². The first kappa shape index (κ1) is 13.6. The zero-order chi connectivity index (χ0) is 13.1. The van der Waals surface area contributed by atoms with Crippen LogP contribution in [0.5, 0.6) is 0 Å². The lowest BCUT2D eigenvalue weighted by Crippen LogP contribution is -2.11. The normalized spacial score (nSPS) is 11.4. The molecule has 0 aliphatic heterocycles. The van der Waals surface area contributed by atoms with Gasteiger partial charge in [-0.1, -0.05) is 13.0 Å². The third kappa shape index (κ3) is 3.03. The van der Waals surface area contributed by atoms with Crippen LogP contribution in [0.4, 0.5) is 4.39 Å². The van der Waals surface area contributed by atoms with Gasteiger partial charge in [0.05, 0.1) is 16.2 Å². The Kier molecular flexibility index (Phi) is 4.22. The van der Waals surface area contributed by atoms with Crippen molar-refractivity contribution in [2.24, 2.45) is 0 Å². The highest BCUT2D eigenvalue weighted by Crippen LogP contribution is 2.18. The number of aryl methyl sites for hydroxylation is 1. The van der Waals surface area contributed by atoms with Crippen molar-refractivity contribution in [3.05, 3.63) is 29.3 Å². The molecule has 0 atom stereocenters. The molecule has 0 amide bonds. The van der Waals surface area contributed by atoms with E-state index in [1.807, 2.05) is 0 Å². The smallest absolute Gasteiger partial charge is 0.336 e. The molecule has 1 aromatic carbocycles. The van der Waals surface area contributed by atoms with E-state index in [4.69, 9.17) is 5.11 Å². The van der Waals surface area contributed by atoms with Crippen molar-refractivity contribution in [1.29, 1.82) is 0 Å². The predicted molar refractivity (Wildman–Crippen MR) is 60.8 cm³/mol. The van der Waals surface area contributed by atoms with Gasteiger partial charge < -0.3 is 5.11 Å². The summed E-state index contributed by atoms with van der Waals surface area (Å²) >= 11 is 0. The van der Waals surface area contributed by atoms with Gasteiger partial charge in [-0.05, 0) is 24.1 Å². The lowest BCUT2D eigenvalue weighted by Gasteiger charge is -2.07. The van der Waals surface area contributed by atoms with E-state index in [1.165, 1.54) is 12.1 Å². The summed E-state index contributed by atoms with van der Waals surface area (Å²) in [6, 6.07) is 3.86. The van der Waals surface area contributed by atoms with E-state index in [1.54, 1.807) is 6.92 Å². The second-order valence-corrected chi connectivity index (χ2v) is 5.59. The minimum Gasteiger partial charge on any atom is -0.478 e. The molecule has 0 aromatic heterocycles. The fourth-order valence-electron chi connectivity index (χ4n) is 1.48. The van der Waals surface area contributed by atoms with Crippen molar-refractivity contribution in [1.82, 2.24) is 0 Å². The molecule has 17 heavy (non-hydrogen) atoms. The maximum absolute atomic E-state index is 12.1. The van der Waals surface area contributed by atoms with Gasteiger partial charge in [0.1, 0.15) is 6.67 Å². The third-order valence-electron chi connectivity index (χ3n) is 2.40. The second-order valence-electron chi connectivity index (χ2n) is 3.49. The summed E-state index contributed by atoms with van der Waals surface area (Å²) < 4.78 is 35.2. The molecule has 6 heteroatoms. The Hall–Kier alpha value is -1.43. The second kappa shape index (κ2) is 5.27. The molecule has 4 nitrogen and oxygen atoms in total. The highest BCUT2D eigenvalue weighted by molar-refractivity contribution is 7.91. The molecule has 0 radical (unpaired) electrons. The molecule has 0 unspecified atom stereocenters. The number of halogens is 1. The first-order valence-corrected chi connectivity index (χ1v) is 6.72. The number of carboxylic acid groups (broad SMARTS) is 1. The predicted octanol–water partition coefficient (Wildman–Crippen LogP) is 1.69. The van der Waals surface area contributed by atoms with Crippen LogP contribution in [0.1, 0.15) is 22.8 Å². The molecule has 0 saturated carbocycles. The Balaban J connectivity index is 3.31. The van der Waals surface area contributed by atoms with Crippen LogP contribution >= 0.6 is 0 Å². The molecule has 1 rings (SSSR count). The summed E-state index contributed by atoms with van der Waals surface area (Å²) in [6.07, 6.45) is 0.491. The first-order chi connectivity index (χ1) is 7.92. The van der Waals surface area contributed by atoms with Gasteiger partial charge in [0, 0.05) is 0 Å². The van der Waals surface area contributed by atoms with Crippen LogP contribution in [0.25, 0.3) is 0 Å². The van der Waals surface area contributed by atoms with Crippen molar-refractivity contribution in [2.75, 3.05) is 12.4 Å². The number of hydrogen-bond acceptors (Lipinski definition) is 3. The van der Waals surface area contributed by atoms with Gasteiger partial charge >= 0.3 is 5.97 Å². The van der Waals surface area contributed by atoms with Gasteiger partial charge in [0.25, 0.3) is 0 Å². The number of benzene rings is 1. The molecule has 0 aliphatic rings. The number of hydrogen-bond donors (Lipinski definition) is 1. The van der Waals surface area contributed by atoms with Gasteiger partial charge in [0.2, 0.25) is 0 Å². The zero-order valence-electron chi connectivity index (χ0n) is 9.31. The number of carbonyl (C=O) groups is 1. The van der Waals surface area contributed by atoms with Crippen molar-refractivity contribution >= 4 is 15.8 Å². The Morgan fingerprint density at radius 1 is 1.41 bits per heavy atom. The van der Waals surface area contributed by atoms with Crippen LogP contribution in [0.2, 0.25) is 0 Å². The summed E-state index contributed by atoms with van der Waals surface area (Å²) in [5.74, 6) is -1.81. The van der Waals surface area contributed by atoms with Gasteiger partial charge in [-0.3, -0.25) is 0 Å². The number of alkyl halides is 1. The molecular weight excluding hydrogens is 247 g/mol. The molecule has 0 spiro atoms. The molecule has 0 aliphatic carbocycles. The molecule has 1 aromatic rings. The van der Waals surface area contributed by atoms with E-state index in [0.29, 0.717) is 12.0 Å². The SMILES string of the molecule is CCc1ccc(S(=O)(=O)CCF)cc1C(=O)O. The summed E-state index contributed by atoms with van der Waals surface area (Å²) in [7, 11) is -3.73. The monoisotopic (exact) mass is 260 g/mol. The lowest BCUT2D eigenvalue weighted by molar-refractivity contribution is 0.0695. The van der Waals surface area contributed by atoms with Crippen molar-refractivity contribution in [3.63, 3.8) is 0 Å². The molecule has 0 bridgehead atoms. The van der Waals surface area contributed by atoms with Crippen LogP contribution in [0, 0.1) is 0 Å². The summed E-state index contributed by atoms with van der Waals surface area (Å²) in [5, 5.41) is 8.95. The Morgan fingerprint density at radius 3 is 2.53 bits per heavy atom. The van der Waals surface area contributed by atoms with E-state index < -0.39 is 28.2 Å². The van der Waals surface area contributed by atoms with Crippen LogP contribution in [0.3, 0.4) is 0 Å². The zero-order valence-corrected chi connectivity index (χ0v) is 10.1. The Bertz CT molecular complexity index is 522. The van der Waals surface area contributed by atoms with E-state index in [2.05, 4.69) is 0 Å². The molecular formula is C11H13FO4S. The van der Waals surface area contributed by atoms with Crippen LogP contribution in [-0.2, 0) is 16.3 Å². The number of rotatable bonds is 5. The molecule has 0 heterocycles. The third-order valence-corrected chi connectivity index (χ3v) is 4.06. The number of sulfone groups is 1. The van der Waals surface area contributed by atoms with Crippen molar-refractivity contribution in [3.8, 4) is 0 Å². The van der Waals surface area contributed by atoms with E-state index in [0.717, 1.165) is 6.07 Å². The number of aromatic carboxylic acids is 1. The quantitative estimate of drug-likeness (QED) is 0.874. The fourth-order valence-corrected chi connectivity index (χ4v) is 2.49. The van der Waals surface area contributed by atoms with E-state index in [-0.39, 0.29) is 10.5 Å². The topological polar surface area (TPSA) is 71.4 Å². The van der Waals surface area contributed by atoms with Crippen LogP contribution in [0.15, 0.2) is 23.1 Å². The lowest BCUT2D eigenvalue weighted by atomic mass is 10.1. The molecule has 1 N–H and O–H groups in total. The minimum atomic E-state index is -3.73. The molecule has 0 fully saturated rings. The van der Waals surface area contributed by atoms with Crippen molar-refractivity contribution < 1.29 is 22.7 Å². The largest absolute Gasteiger partial charge is 0.478 e. The van der Waals surface area contributed by atoms with Crippen LogP contribution in [-0.4, -0.2) is 31.9 Å². The highest BCUT2D eigenvalue weighted by atomic mass is 32.2. The van der Waals surface area contributed by atoms with Gasteiger partial charge in [-0.15, -0.1) is 0 Å². The maximum Gasteiger partial charge on any atom is 0.336 e. The Labute approximate surface area is 99.0 Å². The first-order valence-electron chi connectivity index (χ1n) is 5.07. The standard InChI is InChI=1S/C11H13FO4S/c1-2-8-3-4-9(7-10(8)11(13)14)17(15,16)6-5-12/h3-4,7H,2,5-6H2,1H3,(H,13,14). The van der Waals surface area contributed by atoms with Gasteiger partial charge in [-0.2, -0.15) is 0 Å². The van der Waals surface area contributed by atoms with E-state index >= 15 is 0 Å². The summed E-state index contributed by atoms with van der Waals surface area (Å²) in [4.78, 5) is 10.8. The Morgan fingerprint density at radius 2 is 2.06 bits per heavy atom. The van der Waals surface area contributed by atoms with Crippen LogP contribution < -0.4 is 0 Å². The fraction of sp³-hybridized carbons (Fsp3) is 0.364. The number of carboxylic acids is 1. The molecule has 0 saturated heterocycles. The summed E-state index contributed by atoms with van der Waals surface area (Å²) in [5.41, 5.74) is 0.504. The maximum atomic E-state index is 12.1. The average Bonchev–Trinajstić information content (AvgIpc) is 2.28. The van der Waals surface area contributed by atoms with Gasteiger partial charge in [-0.25, -0.2) is 17.6 Å². The van der Waals surface area contributed by atoms with Crippen molar-refractivity contribution in [2.45, 2.75) is 18.2 Å². The molecule has 94 valence electrons. The average molecular weight is 260 g/mol. The summed E-state index contributed by atoms with van der Waals surface area (Å²) in [6.45, 7) is 0.789.